The fraction of sp³-hybridized carbons (Fsp3) is 0.500. The predicted octanol–water partition coefficient (Wildman–Crippen LogP) is 1.78. The summed E-state index contributed by atoms with van der Waals surface area (Å²) >= 11 is 1.56. The van der Waals surface area contributed by atoms with Crippen molar-refractivity contribution in [2.24, 2.45) is 0 Å². The van der Waals surface area contributed by atoms with Crippen molar-refractivity contribution in [2.45, 2.75) is 26.3 Å². The Morgan fingerprint density at radius 3 is 2.86 bits per heavy atom. The van der Waals surface area contributed by atoms with Crippen LogP contribution in [0.1, 0.15) is 24.6 Å². The van der Waals surface area contributed by atoms with Crippen LogP contribution in [0.15, 0.2) is 23.3 Å². The molecule has 0 bridgehead atoms. The van der Waals surface area contributed by atoms with Gasteiger partial charge >= 0.3 is 0 Å². The molecular weight excluding hydrogens is 286 g/mol. The standard InChI is InChI=1S/C14H19N5OS/c1-2-15-14-16-9-12(21-14)10-19-13(20)7-11(8-17-19)18-5-3-4-6-18/h7-9H,2-6,10H2,1H3,(H,15,16). The molecule has 112 valence electrons. The average molecular weight is 305 g/mol. The number of hydrogen-bond donors (Lipinski definition) is 1. The predicted molar refractivity (Wildman–Crippen MR) is 85.3 cm³/mol. The zero-order chi connectivity index (χ0) is 14.7. The lowest BCUT2D eigenvalue weighted by molar-refractivity contribution is 0.643. The summed E-state index contributed by atoms with van der Waals surface area (Å²) in [6.45, 7) is 5.39. The Bertz CT molecular complexity index is 659. The molecule has 2 aromatic heterocycles. The minimum absolute atomic E-state index is 0.0576. The molecule has 6 nitrogen and oxygen atoms in total. The highest BCUT2D eigenvalue weighted by atomic mass is 32.1. The minimum Gasteiger partial charge on any atom is -0.370 e. The molecule has 7 heteroatoms. The number of thiazole rings is 1. The molecule has 1 aliphatic rings. The van der Waals surface area contributed by atoms with E-state index in [4.69, 9.17) is 0 Å². The van der Waals surface area contributed by atoms with Crippen molar-refractivity contribution in [2.75, 3.05) is 29.9 Å². The molecule has 3 heterocycles. The van der Waals surface area contributed by atoms with Crippen molar-refractivity contribution >= 4 is 22.2 Å². The molecule has 1 saturated heterocycles. The fourth-order valence-electron chi connectivity index (χ4n) is 2.45. The van der Waals surface area contributed by atoms with Crippen LogP contribution in [0.25, 0.3) is 0 Å². The first-order valence-corrected chi connectivity index (χ1v) is 8.08. The van der Waals surface area contributed by atoms with Crippen molar-refractivity contribution in [3.05, 3.63) is 33.7 Å². The van der Waals surface area contributed by atoms with Gasteiger partial charge in [0, 0.05) is 36.8 Å². The van der Waals surface area contributed by atoms with E-state index in [2.05, 4.69) is 20.3 Å². The summed E-state index contributed by atoms with van der Waals surface area (Å²) in [5.41, 5.74) is 0.879. The smallest absolute Gasteiger partial charge is 0.269 e. The van der Waals surface area contributed by atoms with Gasteiger partial charge in [0.2, 0.25) is 0 Å². The first-order valence-electron chi connectivity index (χ1n) is 7.27. The molecule has 0 atom stereocenters. The van der Waals surface area contributed by atoms with Gasteiger partial charge in [-0.2, -0.15) is 5.10 Å². The number of aromatic nitrogens is 3. The molecule has 0 aromatic carbocycles. The van der Waals surface area contributed by atoms with Gasteiger partial charge in [-0.1, -0.05) is 0 Å². The Kier molecular flexibility index (Phi) is 4.19. The topological polar surface area (TPSA) is 63.1 Å². The molecule has 21 heavy (non-hydrogen) atoms. The maximum atomic E-state index is 12.2. The van der Waals surface area contributed by atoms with Crippen molar-refractivity contribution in [1.29, 1.82) is 0 Å². The molecule has 2 aromatic rings. The summed E-state index contributed by atoms with van der Waals surface area (Å²) in [6, 6.07) is 1.69. The van der Waals surface area contributed by atoms with Gasteiger partial charge in [-0.15, -0.1) is 11.3 Å². The molecule has 0 amide bonds. The minimum atomic E-state index is -0.0576. The highest BCUT2D eigenvalue weighted by Crippen LogP contribution is 2.19. The van der Waals surface area contributed by atoms with E-state index in [0.29, 0.717) is 6.54 Å². The second-order valence-corrected chi connectivity index (χ2v) is 6.18. The first kappa shape index (κ1) is 14.1. The highest BCUT2D eigenvalue weighted by molar-refractivity contribution is 7.15. The Hall–Kier alpha value is -1.89. The van der Waals surface area contributed by atoms with Crippen LogP contribution in [0.3, 0.4) is 0 Å². The van der Waals surface area contributed by atoms with Gasteiger partial charge in [0.1, 0.15) is 0 Å². The summed E-state index contributed by atoms with van der Waals surface area (Å²) in [7, 11) is 0. The van der Waals surface area contributed by atoms with Crippen LogP contribution in [0.2, 0.25) is 0 Å². The van der Waals surface area contributed by atoms with E-state index in [-0.39, 0.29) is 5.56 Å². The number of nitrogens with one attached hydrogen (secondary N) is 1. The Balaban J connectivity index is 1.74. The van der Waals surface area contributed by atoms with E-state index in [0.717, 1.165) is 35.3 Å². The summed E-state index contributed by atoms with van der Waals surface area (Å²) in [6.07, 6.45) is 5.97. The molecule has 1 fully saturated rings. The van der Waals surface area contributed by atoms with Crippen LogP contribution in [-0.2, 0) is 6.54 Å². The fourth-order valence-corrected chi connectivity index (χ4v) is 3.31. The molecule has 1 aliphatic heterocycles. The normalized spacial score (nSPS) is 14.6. The van der Waals surface area contributed by atoms with Crippen LogP contribution >= 0.6 is 11.3 Å². The van der Waals surface area contributed by atoms with Crippen LogP contribution < -0.4 is 15.8 Å². The third kappa shape index (κ3) is 3.24. The number of hydrogen-bond acceptors (Lipinski definition) is 6. The van der Waals surface area contributed by atoms with E-state index >= 15 is 0 Å². The number of rotatable bonds is 5. The SMILES string of the molecule is CCNc1ncc(Cn2ncc(N3CCCC3)cc2=O)s1. The lowest BCUT2D eigenvalue weighted by Crippen LogP contribution is -2.26. The van der Waals surface area contributed by atoms with Crippen LogP contribution in [-0.4, -0.2) is 34.4 Å². The first-order chi connectivity index (χ1) is 10.3. The van der Waals surface area contributed by atoms with Crippen molar-refractivity contribution < 1.29 is 0 Å². The number of anilines is 2. The maximum Gasteiger partial charge on any atom is 0.269 e. The Morgan fingerprint density at radius 2 is 2.14 bits per heavy atom. The van der Waals surface area contributed by atoms with E-state index in [1.165, 1.54) is 17.5 Å². The quantitative estimate of drug-likeness (QED) is 0.912. The van der Waals surface area contributed by atoms with Gasteiger partial charge in [0.05, 0.1) is 18.4 Å². The second kappa shape index (κ2) is 6.26. The van der Waals surface area contributed by atoms with E-state index in [1.54, 1.807) is 29.8 Å². The molecule has 0 saturated carbocycles. The lowest BCUT2D eigenvalue weighted by atomic mass is 10.4. The molecule has 3 rings (SSSR count). The van der Waals surface area contributed by atoms with Gasteiger partial charge < -0.3 is 10.2 Å². The molecular formula is C14H19N5OS. The molecule has 0 spiro atoms. The van der Waals surface area contributed by atoms with Gasteiger partial charge in [0.15, 0.2) is 5.13 Å². The summed E-state index contributed by atoms with van der Waals surface area (Å²) < 4.78 is 1.49. The second-order valence-electron chi connectivity index (χ2n) is 5.07. The van der Waals surface area contributed by atoms with Crippen LogP contribution in [0.5, 0.6) is 0 Å². The van der Waals surface area contributed by atoms with Gasteiger partial charge in [-0.3, -0.25) is 4.79 Å². The van der Waals surface area contributed by atoms with E-state index in [1.807, 2.05) is 6.92 Å². The summed E-state index contributed by atoms with van der Waals surface area (Å²) in [4.78, 5) is 19.7. The highest BCUT2D eigenvalue weighted by Gasteiger charge is 2.14. The van der Waals surface area contributed by atoms with Gasteiger partial charge in [-0.05, 0) is 19.8 Å². The zero-order valence-corrected chi connectivity index (χ0v) is 12.9. The number of nitrogens with zero attached hydrogens (tertiary/aromatic N) is 4. The van der Waals surface area contributed by atoms with E-state index in [9.17, 15) is 4.79 Å². The van der Waals surface area contributed by atoms with Gasteiger partial charge in [0.25, 0.3) is 5.56 Å². The monoisotopic (exact) mass is 305 g/mol. The third-order valence-electron chi connectivity index (χ3n) is 3.51. The van der Waals surface area contributed by atoms with Crippen molar-refractivity contribution in [1.82, 2.24) is 14.8 Å². The van der Waals surface area contributed by atoms with Gasteiger partial charge in [-0.25, -0.2) is 9.67 Å². The maximum absolute atomic E-state index is 12.2. The largest absolute Gasteiger partial charge is 0.370 e. The van der Waals surface area contributed by atoms with Crippen LogP contribution in [0, 0.1) is 0 Å². The lowest BCUT2D eigenvalue weighted by Gasteiger charge is -2.16. The zero-order valence-electron chi connectivity index (χ0n) is 12.1. The average Bonchev–Trinajstić information content (AvgIpc) is 3.13. The molecule has 0 unspecified atom stereocenters. The summed E-state index contributed by atoms with van der Waals surface area (Å²) in [5.74, 6) is 0. The molecule has 0 aliphatic carbocycles. The molecule has 0 radical (unpaired) electrons. The van der Waals surface area contributed by atoms with E-state index < -0.39 is 0 Å². The third-order valence-corrected chi connectivity index (χ3v) is 4.45. The van der Waals surface area contributed by atoms with Crippen LogP contribution in [0.4, 0.5) is 10.8 Å². The molecule has 1 N–H and O–H groups in total. The summed E-state index contributed by atoms with van der Waals surface area (Å²) in [5, 5.41) is 8.35. The van der Waals surface area contributed by atoms with Crippen molar-refractivity contribution in [3.63, 3.8) is 0 Å². The Labute approximate surface area is 127 Å². The Morgan fingerprint density at radius 1 is 1.33 bits per heavy atom. The van der Waals surface area contributed by atoms with Crippen molar-refractivity contribution in [3.8, 4) is 0 Å².